The van der Waals surface area contributed by atoms with Crippen molar-refractivity contribution < 1.29 is 68.4 Å². The van der Waals surface area contributed by atoms with Gasteiger partial charge >= 0.3 is 35.4 Å². The van der Waals surface area contributed by atoms with Crippen molar-refractivity contribution in [1.29, 1.82) is 0 Å². The molecule has 4 aliphatic rings. The molecule has 0 bridgehead atoms. The summed E-state index contributed by atoms with van der Waals surface area (Å²) in [5.74, 6) is 0.721. The third kappa shape index (κ3) is 37.4. The second kappa shape index (κ2) is 37.7. The number of fused-ring (bicyclic) bond motifs is 1. The molecule has 3 heterocycles. The molecule has 434 valence electrons. The van der Waals surface area contributed by atoms with Crippen LogP contribution < -0.4 is 10.6 Å². The van der Waals surface area contributed by atoms with Crippen molar-refractivity contribution >= 4 is 78.4 Å². The van der Waals surface area contributed by atoms with Crippen LogP contribution in [-0.4, -0.2) is 188 Å². The lowest BCUT2D eigenvalue weighted by Crippen LogP contribution is -2.52. The topological polar surface area (TPSA) is 189 Å². The van der Waals surface area contributed by atoms with Gasteiger partial charge in [0.15, 0.2) is 43.0 Å². The standard InChI is InChI=1S/C16H33NO5Si.C14H33NO5Si3.C11H21NO3Si.C4H12OSi.C3H10OSi/c1-5-8-10-17-13-15(22-16(17)18)14-19-11-9-12-23(4,20-6-2)21-7-3;1-21(2,3)19-23(7,20-22(4,5)6)10-8-9-17-12-13-11-15-14(16)18-13;1-14-16(2)6-5-8-3-4-9-10(7-8)15-11(13)12-9;1-5-6(2,3)4;1-4-5(2)3/h15H,5-14H2,1-4H3;13H,8-12H2,1-7H3,(H,15,16);8-10,16H,3-7H2,1-2H3,(H,12,13);1-4H3;5H,1-3H3. The van der Waals surface area contributed by atoms with E-state index in [0.29, 0.717) is 52.7 Å². The maximum atomic E-state index is 11.7. The van der Waals surface area contributed by atoms with E-state index in [4.69, 9.17) is 54.0 Å². The molecule has 0 aromatic rings. The third-order valence-electron chi connectivity index (χ3n) is 11.8. The fourth-order valence-corrected chi connectivity index (χ4v) is 24.1. The van der Waals surface area contributed by atoms with Gasteiger partial charge < -0.3 is 69.6 Å². The molecule has 0 radical (unpaired) electrons. The molecule has 4 rings (SSSR count). The maximum Gasteiger partial charge on any atom is 0.410 e. The van der Waals surface area contributed by atoms with Gasteiger partial charge in [-0.1, -0.05) is 19.8 Å². The van der Waals surface area contributed by atoms with Gasteiger partial charge in [0.05, 0.1) is 32.3 Å². The van der Waals surface area contributed by atoms with Crippen LogP contribution in [0, 0.1) is 5.92 Å². The summed E-state index contributed by atoms with van der Waals surface area (Å²) in [6.45, 7) is 42.2. The van der Waals surface area contributed by atoms with E-state index in [0.717, 1.165) is 63.1 Å². The minimum absolute atomic E-state index is 0.130. The highest BCUT2D eigenvalue weighted by Gasteiger charge is 2.41. The largest absolute Gasteiger partial charge is 0.444 e. The van der Waals surface area contributed by atoms with Crippen LogP contribution in [0.3, 0.4) is 0 Å². The first kappa shape index (κ1) is 72.0. The molecule has 3 saturated heterocycles. The first-order chi connectivity index (χ1) is 33.9. The Bertz CT molecular complexity index is 1460. The van der Waals surface area contributed by atoms with Crippen molar-refractivity contribution in [2.24, 2.45) is 5.92 Å². The van der Waals surface area contributed by atoms with Crippen LogP contribution in [0.15, 0.2) is 0 Å². The number of alkyl carbamates (subject to hydrolysis) is 2. The first-order valence-corrected chi connectivity index (χ1v) is 47.8. The van der Waals surface area contributed by atoms with Gasteiger partial charge in [-0.15, -0.1) is 0 Å². The van der Waals surface area contributed by atoms with E-state index in [1.165, 1.54) is 18.9 Å². The molecule has 25 heteroatoms. The van der Waals surface area contributed by atoms with Gasteiger partial charge in [0.1, 0.15) is 18.3 Å². The molecule has 1 aliphatic carbocycles. The Morgan fingerprint density at radius 2 is 1.21 bits per heavy atom. The number of unbranched alkanes of at least 4 members (excludes halogenated alkanes) is 1. The van der Waals surface area contributed by atoms with Gasteiger partial charge in [-0.3, -0.25) is 0 Å². The molecule has 1 saturated carbocycles. The van der Waals surface area contributed by atoms with E-state index >= 15 is 0 Å². The molecule has 73 heavy (non-hydrogen) atoms. The van der Waals surface area contributed by atoms with Gasteiger partial charge in [0.25, 0.3) is 0 Å². The van der Waals surface area contributed by atoms with Crippen molar-refractivity contribution in [3.63, 3.8) is 0 Å². The second-order valence-corrected chi connectivity index (χ2v) is 48.8. The van der Waals surface area contributed by atoms with Crippen LogP contribution in [-0.2, 0) is 54.0 Å². The number of nitrogens with zero attached hydrogens (tertiary/aromatic N) is 1. The predicted octanol–water partition coefficient (Wildman–Crippen LogP) is 10.2. The molecular formula is C48H109N3O15Si7. The summed E-state index contributed by atoms with van der Waals surface area (Å²) in [6.07, 6.45) is 7.51. The van der Waals surface area contributed by atoms with Crippen molar-refractivity contribution in [3.05, 3.63) is 0 Å². The van der Waals surface area contributed by atoms with E-state index < -0.39 is 60.2 Å². The minimum Gasteiger partial charge on any atom is -0.444 e. The Kier molecular flexibility index (Phi) is 37.2. The zero-order valence-corrected chi connectivity index (χ0v) is 57.1. The number of hydrogen-bond donors (Lipinski definition) is 2. The average molecular weight is 1170 g/mol. The fourth-order valence-electron chi connectivity index (χ4n) is 8.03. The van der Waals surface area contributed by atoms with Crippen LogP contribution >= 0.6 is 0 Å². The Morgan fingerprint density at radius 1 is 0.671 bits per heavy atom. The Hall–Kier alpha value is -1.03. The van der Waals surface area contributed by atoms with Crippen LogP contribution in [0.5, 0.6) is 0 Å². The van der Waals surface area contributed by atoms with Gasteiger partial charge in [-0.25, -0.2) is 14.4 Å². The zero-order chi connectivity index (χ0) is 55.9. The summed E-state index contributed by atoms with van der Waals surface area (Å²) in [4.78, 5) is 35.5. The number of hydrogen-bond acceptors (Lipinski definition) is 15. The van der Waals surface area contributed by atoms with E-state index in [2.05, 4.69) is 109 Å². The van der Waals surface area contributed by atoms with Gasteiger partial charge in [-0.05, 0) is 168 Å². The molecule has 18 nitrogen and oxygen atoms in total. The van der Waals surface area contributed by atoms with E-state index in [9.17, 15) is 14.4 Å². The van der Waals surface area contributed by atoms with E-state index in [1.54, 1.807) is 19.1 Å². The second-order valence-electron chi connectivity index (χ2n) is 22.7. The summed E-state index contributed by atoms with van der Waals surface area (Å²) < 4.78 is 66.8. The number of ether oxygens (including phenoxy) is 5. The molecule has 4 fully saturated rings. The highest BCUT2D eigenvalue weighted by molar-refractivity contribution is 6.87. The minimum atomic E-state index is -2.17. The first-order valence-electron chi connectivity index (χ1n) is 27.3. The van der Waals surface area contributed by atoms with Gasteiger partial charge in [-0.2, -0.15) is 0 Å². The van der Waals surface area contributed by atoms with E-state index in [1.807, 2.05) is 21.0 Å². The van der Waals surface area contributed by atoms with Crippen LogP contribution in [0.4, 0.5) is 14.4 Å². The average Bonchev–Trinajstić information content (AvgIpc) is 3.99. The summed E-state index contributed by atoms with van der Waals surface area (Å²) in [7, 11) is -4.83. The molecule has 3 amide bonds. The molecular weight excluding hydrogens is 1060 g/mol. The van der Waals surface area contributed by atoms with Gasteiger partial charge in [0.2, 0.25) is 0 Å². The van der Waals surface area contributed by atoms with Crippen LogP contribution in [0.1, 0.15) is 72.1 Å². The number of nitrogens with one attached hydrogen (secondary N) is 2. The molecule has 2 N–H and O–H groups in total. The third-order valence-corrected chi connectivity index (χ3v) is 28.6. The molecule has 0 spiro atoms. The summed E-state index contributed by atoms with van der Waals surface area (Å²) >= 11 is 0. The van der Waals surface area contributed by atoms with Crippen molar-refractivity contribution in [1.82, 2.24) is 15.5 Å². The maximum absolute atomic E-state index is 11.7. The van der Waals surface area contributed by atoms with Crippen molar-refractivity contribution in [3.8, 4) is 0 Å². The number of carbonyl (C=O) groups is 3. The molecule has 3 aliphatic heterocycles. The monoisotopic (exact) mass is 1160 g/mol. The number of amides is 3. The highest BCUT2D eigenvalue weighted by atomic mass is 28.5. The normalized spacial score (nSPS) is 21.4. The quantitative estimate of drug-likeness (QED) is 0.0409. The van der Waals surface area contributed by atoms with Crippen LogP contribution in [0.2, 0.25) is 110 Å². The van der Waals surface area contributed by atoms with Crippen LogP contribution in [0.25, 0.3) is 0 Å². The number of rotatable bonds is 29. The lowest BCUT2D eigenvalue weighted by atomic mass is 9.83. The van der Waals surface area contributed by atoms with E-state index in [-0.39, 0.29) is 42.6 Å². The Balaban J connectivity index is 0.000000973. The number of carbonyl (C=O) groups excluding carboxylic acids is 3. The SMILES string of the molecule is CCCCN1CC(COCCC[Si](C)(OCC)OCC)OC1=O.CO[SiH](C)C.CO[SiH](C)CCC1CCC2NC(=O)OC2C1.CO[Si](C)(C)C.C[Si](C)(C)O[Si](C)(CCCOCC1CNC(=O)O1)O[Si](C)(C)C. The summed E-state index contributed by atoms with van der Waals surface area (Å²) in [5, 5.41) is 5.50. The van der Waals surface area contributed by atoms with Crippen molar-refractivity contribution in [2.75, 3.05) is 80.6 Å². The smallest absolute Gasteiger partial charge is 0.410 e. The molecule has 6 atom stereocenters. The Labute approximate surface area is 453 Å². The molecule has 0 aromatic carbocycles. The lowest BCUT2D eigenvalue weighted by molar-refractivity contribution is 0.0453. The highest BCUT2D eigenvalue weighted by Crippen LogP contribution is 2.33. The molecule has 6 unspecified atom stereocenters. The number of cyclic esters (lactones) is 2. The molecule has 0 aromatic heterocycles. The van der Waals surface area contributed by atoms with Gasteiger partial charge in [0, 0.05) is 54.3 Å². The van der Waals surface area contributed by atoms with Crippen molar-refractivity contribution in [2.45, 2.75) is 206 Å². The zero-order valence-electron chi connectivity index (χ0n) is 49.8. The lowest BCUT2D eigenvalue weighted by Gasteiger charge is -2.38. The predicted molar refractivity (Wildman–Crippen MR) is 311 cm³/mol. The fraction of sp³-hybridized carbons (Fsp3) is 0.938. The summed E-state index contributed by atoms with van der Waals surface area (Å²) in [6, 6.07) is 3.37. The summed E-state index contributed by atoms with van der Waals surface area (Å²) in [5.41, 5.74) is 0. The Morgan fingerprint density at radius 3 is 1.66 bits per heavy atom.